The Labute approximate surface area is 98.5 Å². The molecule has 1 nitrogen and oxygen atoms in total. The van der Waals surface area contributed by atoms with Gasteiger partial charge in [-0.1, -0.05) is 53.5 Å². The van der Waals surface area contributed by atoms with Crippen molar-refractivity contribution in [3.63, 3.8) is 0 Å². The SMILES string of the molecule is COc1c(Cl)cccc1C(C)(C)CBr. The number of hydrogen-bond acceptors (Lipinski definition) is 1. The van der Waals surface area contributed by atoms with E-state index in [2.05, 4.69) is 29.8 Å². The van der Waals surface area contributed by atoms with Crippen LogP contribution in [0.4, 0.5) is 0 Å². The lowest BCUT2D eigenvalue weighted by molar-refractivity contribution is 0.399. The van der Waals surface area contributed by atoms with E-state index >= 15 is 0 Å². The van der Waals surface area contributed by atoms with Crippen molar-refractivity contribution in [3.05, 3.63) is 28.8 Å². The number of ether oxygens (including phenoxy) is 1. The van der Waals surface area contributed by atoms with Crippen molar-refractivity contribution in [3.8, 4) is 5.75 Å². The molecule has 1 aromatic rings. The molecule has 0 N–H and O–H groups in total. The summed E-state index contributed by atoms with van der Waals surface area (Å²) < 4.78 is 5.31. The van der Waals surface area contributed by atoms with Gasteiger partial charge in [0.05, 0.1) is 12.1 Å². The molecule has 0 unspecified atom stereocenters. The number of alkyl halides is 1. The van der Waals surface area contributed by atoms with Crippen LogP contribution in [-0.4, -0.2) is 12.4 Å². The minimum absolute atomic E-state index is 0.0241. The summed E-state index contributed by atoms with van der Waals surface area (Å²) in [5.74, 6) is 0.776. The average Bonchev–Trinajstić information content (AvgIpc) is 2.17. The van der Waals surface area contributed by atoms with Gasteiger partial charge in [-0.2, -0.15) is 0 Å². The van der Waals surface area contributed by atoms with Crippen LogP contribution in [0.2, 0.25) is 5.02 Å². The van der Waals surface area contributed by atoms with Gasteiger partial charge in [0.1, 0.15) is 5.75 Å². The Kier molecular flexibility index (Phi) is 3.85. The molecule has 0 spiro atoms. The third kappa shape index (κ3) is 2.23. The number of para-hydroxylation sites is 1. The lowest BCUT2D eigenvalue weighted by Crippen LogP contribution is -2.19. The van der Waals surface area contributed by atoms with Gasteiger partial charge in [-0.15, -0.1) is 0 Å². The Morgan fingerprint density at radius 2 is 2.07 bits per heavy atom. The van der Waals surface area contributed by atoms with Gasteiger partial charge in [-0.25, -0.2) is 0 Å². The largest absolute Gasteiger partial charge is 0.495 e. The Balaban J connectivity index is 3.27. The van der Waals surface area contributed by atoms with Crippen LogP contribution in [0, 0.1) is 0 Å². The van der Waals surface area contributed by atoms with Crippen molar-refractivity contribution in [2.45, 2.75) is 19.3 Å². The Hall–Kier alpha value is -0.210. The fourth-order valence-corrected chi connectivity index (χ4v) is 1.87. The maximum atomic E-state index is 6.05. The van der Waals surface area contributed by atoms with E-state index in [4.69, 9.17) is 16.3 Å². The first kappa shape index (κ1) is 11.9. The van der Waals surface area contributed by atoms with Crippen LogP contribution < -0.4 is 4.74 Å². The van der Waals surface area contributed by atoms with E-state index in [1.807, 2.05) is 18.2 Å². The van der Waals surface area contributed by atoms with E-state index in [1.165, 1.54) is 0 Å². The molecule has 1 aromatic carbocycles. The van der Waals surface area contributed by atoms with E-state index in [0.29, 0.717) is 5.02 Å². The molecule has 14 heavy (non-hydrogen) atoms. The number of halogens is 2. The summed E-state index contributed by atoms with van der Waals surface area (Å²) in [6.07, 6.45) is 0. The zero-order valence-corrected chi connectivity index (χ0v) is 10.9. The van der Waals surface area contributed by atoms with Gasteiger partial charge in [0.15, 0.2) is 0 Å². The highest BCUT2D eigenvalue weighted by atomic mass is 79.9. The summed E-state index contributed by atoms with van der Waals surface area (Å²) >= 11 is 9.55. The zero-order valence-electron chi connectivity index (χ0n) is 8.60. The van der Waals surface area contributed by atoms with Crippen LogP contribution in [0.3, 0.4) is 0 Å². The third-order valence-electron chi connectivity index (χ3n) is 2.23. The molecule has 0 saturated carbocycles. The molecular formula is C11H14BrClO. The van der Waals surface area contributed by atoms with Crippen molar-refractivity contribution >= 4 is 27.5 Å². The minimum atomic E-state index is 0.0241. The molecular weight excluding hydrogens is 263 g/mol. The molecule has 0 heterocycles. The zero-order chi connectivity index (χ0) is 10.8. The van der Waals surface area contributed by atoms with Crippen LogP contribution in [-0.2, 0) is 5.41 Å². The molecule has 0 atom stereocenters. The summed E-state index contributed by atoms with van der Waals surface area (Å²) in [5, 5.41) is 1.54. The van der Waals surface area contributed by atoms with Gasteiger partial charge in [-0.05, 0) is 6.07 Å². The third-order valence-corrected chi connectivity index (χ3v) is 3.93. The Bertz CT molecular complexity index is 323. The van der Waals surface area contributed by atoms with E-state index in [-0.39, 0.29) is 5.41 Å². The molecule has 0 bridgehead atoms. The van der Waals surface area contributed by atoms with Crippen LogP contribution in [0.5, 0.6) is 5.75 Å². The fourth-order valence-electron chi connectivity index (χ4n) is 1.32. The summed E-state index contributed by atoms with van der Waals surface area (Å²) in [6, 6.07) is 5.84. The first-order chi connectivity index (χ1) is 6.53. The molecule has 3 heteroatoms. The molecule has 1 rings (SSSR count). The minimum Gasteiger partial charge on any atom is -0.495 e. The van der Waals surface area contributed by atoms with Gasteiger partial charge in [0.2, 0.25) is 0 Å². The summed E-state index contributed by atoms with van der Waals surface area (Å²) in [7, 11) is 1.65. The Morgan fingerprint density at radius 1 is 1.43 bits per heavy atom. The molecule has 0 radical (unpaired) electrons. The van der Waals surface area contributed by atoms with Crippen molar-refractivity contribution in [2.24, 2.45) is 0 Å². The second kappa shape index (κ2) is 4.54. The quantitative estimate of drug-likeness (QED) is 0.758. The number of rotatable bonds is 3. The van der Waals surface area contributed by atoms with Gasteiger partial charge in [-0.3, -0.25) is 0 Å². The van der Waals surface area contributed by atoms with Gasteiger partial charge < -0.3 is 4.74 Å². The van der Waals surface area contributed by atoms with Crippen molar-refractivity contribution in [1.82, 2.24) is 0 Å². The van der Waals surface area contributed by atoms with E-state index in [9.17, 15) is 0 Å². The van der Waals surface area contributed by atoms with E-state index in [0.717, 1.165) is 16.6 Å². The average molecular weight is 278 g/mol. The van der Waals surface area contributed by atoms with Crippen LogP contribution >= 0.6 is 27.5 Å². The van der Waals surface area contributed by atoms with Crippen molar-refractivity contribution < 1.29 is 4.74 Å². The summed E-state index contributed by atoms with van der Waals surface area (Å²) in [4.78, 5) is 0. The summed E-state index contributed by atoms with van der Waals surface area (Å²) in [6.45, 7) is 4.30. The highest BCUT2D eigenvalue weighted by Gasteiger charge is 2.24. The molecule has 0 aliphatic carbocycles. The van der Waals surface area contributed by atoms with Crippen molar-refractivity contribution in [1.29, 1.82) is 0 Å². The summed E-state index contributed by atoms with van der Waals surface area (Å²) in [5.41, 5.74) is 1.15. The van der Waals surface area contributed by atoms with Gasteiger partial charge in [0.25, 0.3) is 0 Å². The highest BCUT2D eigenvalue weighted by Crippen LogP contribution is 2.37. The fraction of sp³-hybridized carbons (Fsp3) is 0.455. The molecule has 0 aliphatic rings. The second-order valence-corrected chi connectivity index (χ2v) is 4.81. The maximum Gasteiger partial charge on any atom is 0.141 e. The second-order valence-electron chi connectivity index (χ2n) is 3.84. The molecule has 0 fully saturated rings. The topological polar surface area (TPSA) is 9.23 Å². The smallest absolute Gasteiger partial charge is 0.141 e. The first-order valence-corrected chi connectivity index (χ1v) is 5.92. The molecule has 0 aliphatic heterocycles. The normalized spacial score (nSPS) is 11.5. The number of methoxy groups -OCH3 is 1. The predicted octanol–water partition coefficient (Wildman–Crippen LogP) is 4.02. The van der Waals surface area contributed by atoms with Crippen LogP contribution in [0.1, 0.15) is 19.4 Å². The lowest BCUT2D eigenvalue weighted by Gasteiger charge is -2.25. The van der Waals surface area contributed by atoms with Gasteiger partial charge >= 0.3 is 0 Å². The molecule has 78 valence electrons. The van der Waals surface area contributed by atoms with E-state index in [1.54, 1.807) is 7.11 Å². The number of hydrogen-bond donors (Lipinski definition) is 0. The lowest BCUT2D eigenvalue weighted by atomic mass is 9.86. The molecule has 0 aromatic heterocycles. The van der Waals surface area contributed by atoms with Crippen molar-refractivity contribution in [2.75, 3.05) is 12.4 Å². The molecule has 0 saturated heterocycles. The highest BCUT2D eigenvalue weighted by molar-refractivity contribution is 9.09. The maximum absolute atomic E-state index is 6.05. The Morgan fingerprint density at radius 3 is 2.57 bits per heavy atom. The monoisotopic (exact) mass is 276 g/mol. The number of benzene rings is 1. The van der Waals surface area contributed by atoms with Crippen LogP contribution in [0.25, 0.3) is 0 Å². The first-order valence-electron chi connectivity index (χ1n) is 4.42. The standard InChI is InChI=1S/C11H14BrClO/c1-11(2,7-12)8-5-4-6-9(13)10(8)14-3/h4-6H,7H2,1-3H3. The molecule has 0 amide bonds. The van der Waals surface area contributed by atoms with E-state index < -0.39 is 0 Å². The van der Waals surface area contributed by atoms with Crippen LogP contribution in [0.15, 0.2) is 18.2 Å². The van der Waals surface area contributed by atoms with Gasteiger partial charge in [0, 0.05) is 16.3 Å². The predicted molar refractivity (Wildman–Crippen MR) is 64.8 cm³/mol.